The van der Waals surface area contributed by atoms with Gasteiger partial charge in [-0.15, -0.1) is 10.2 Å². The molecular formula is C22H39N7O2. The van der Waals surface area contributed by atoms with Gasteiger partial charge in [-0.25, -0.2) is 4.79 Å². The van der Waals surface area contributed by atoms with Gasteiger partial charge in [0.2, 0.25) is 0 Å². The molecule has 1 aliphatic heterocycles. The summed E-state index contributed by atoms with van der Waals surface area (Å²) in [5.74, 6) is 1.60. The zero-order valence-electron chi connectivity index (χ0n) is 19.6. The minimum atomic E-state index is -0.458. The Balaban J connectivity index is 1.42. The third kappa shape index (κ3) is 7.70. The van der Waals surface area contributed by atoms with Gasteiger partial charge in [-0.1, -0.05) is 0 Å². The van der Waals surface area contributed by atoms with Gasteiger partial charge in [0.05, 0.1) is 0 Å². The number of aromatic nitrogens is 3. The molecule has 1 aliphatic carbocycles. The second kappa shape index (κ2) is 10.8. The summed E-state index contributed by atoms with van der Waals surface area (Å²) in [5, 5.41) is 11.1. The number of aliphatic imine (C=N–C) groups is 1. The lowest BCUT2D eigenvalue weighted by atomic mass is 10.0. The number of amides is 1. The molecule has 0 aromatic carbocycles. The molecule has 0 radical (unpaired) electrons. The number of hydrogen-bond donors (Lipinski definition) is 1. The molecule has 174 valence electrons. The van der Waals surface area contributed by atoms with Crippen molar-refractivity contribution in [1.82, 2.24) is 29.9 Å². The van der Waals surface area contributed by atoms with E-state index in [9.17, 15) is 4.79 Å². The maximum absolute atomic E-state index is 12.8. The van der Waals surface area contributed by atoms with Crippen molar-refractivity contribution in [3.63, 3.8) is 0 Å². The van der Waals surface area contributed by atoms with Gasteiger partial charge in [-0.3, -0.25) is 4.99 Å². The smallest absolute Gasteiger partial charge is 0.410 e. The number of ether oxygens (including phenoxy) is 1. The molecule has 1 aromatic rings. The number of piperidine rings is 1. The van der Waals surface area contributed by atoms with E-state index in [0.717, 1.165) is 64.4 Å². The molecule has 0 bridgehead atoms. The summed E-state index contributed by atoms with van der Waals surface area (Å²) in [6.07, 6.45) is 9.81. The molecule has 3 rings (SSSR count). The Morgan fingerprint density at radius 3 is 2.42 bits per heavy atom. The summed E-state index contributed by atoms with van der Waals surface area (Å²) in [4.78, 5) is 21.6. The lowest BCUT2D eigenvalue weighted by Gasteiger charge is -2.40. The molecule has 2 aliphatic rings. The Morgan fingerprint density at radius 1 is 1.16 bits per heavy atom. The highest BCUT2D eigenvalue weighted by Gasteiger charge is 2.35. The SMILES string of the molecule is CN=C(NCCCCn1cnnc1)N1CCC(N(CC2CC2)C(=O)OC(C)(C)C)CC1. The quantitative estimate of drug-likeness (QED) is 0.385. The fourth-order valence-corrected chi connectivity index (χ4v) is 3.95. The number of carbonyl (C=O) groups excluding carboxylic acids is 1. The van der Waals surface area contributed by atoms with Gasteiger partial charge < -0.3 is 24.4 Å². The van der Waals surface area contributed by atoms with Crippen LogP contribution in [-0.2, 0) is 11.3 Å². The second-order valence-corrected chi connectivity index (χ2v) is 9.68. The van der Waals surface area contributed by atoms with Gasteiger partial charge in [-0.05, 0) is 65.2 Å². The van der Waals surface area contributed by atoms with Gasteiger partial charge >= 0.3 is 6.09 Å². The number of likely N-dealkylation sites (tertiary alicyclic amines) is 1. The monoisotopic (exact) mass is 433 g/mol. The minimum Gasteiger partial charge on any atom is -0.444 e. The van der Waals surface area contributed by atoms with Crippen LogP contribution in [-0.4, -0.2) is 81.5 Å². The van der Waals surface area contributed by atoms with E-state index in [1.807, 2.05) is 37.3 Å². The van der Waals surface area contributed by atoms with E-state index in [2.05, 4.69) is 25.4 Å². The molecule has 2 fully saturated rings. The molecule has 2 heterocycles. The zero-order valence-corrected chi connectivity index (χ0v) is 19.6. The largest absolute Gasteiger partial charge is 0.444 e. The van der Waals surface area contributed by atoms with Crippen LogP contribution in [0.4, 0.5) is 4.79 Å². The highest BCUT2D eigenvalue weighted by Crippen LogP contribution is 2.32. The van der Waals surface area contributed by atoms with Crippen LogP contribution in [0.15, 0.2) is 17.6 Å². The van der Waals surface area contributed by atoms with Crippen molar-refractivity contribution in [3.05, 3.63) is 12.7 Å². The number of nitrogens with one attached hydrogen (secondary N) is 1. The number of aryl methyl sites for hydroxylation is 1. The molecule has 31 heavy (non-hydrogen) atoms. The first-order valence-corrected chi connectivity index (χ1v) is 11.6. The first-order chi connectivity index (χ1) is 14.9. The highest BCUT2D eigenvalue weighted by atomic mass is 16.6. The van der Waals surface area contributed by atoms with Gasteiger partial charge in [0.25, 0.3) is 0 Å². The molecule has 9 nitrogen and oxygen atoms in total. The fraction of sp³-hybridized carbons (Fsp3) is 0.818. The summed E-state index contributed by atoms with van der Waals surface area (Å²) in [5.41, 5.74) is -0.458. The summed E-state index contributed by atoms with van der Waals surface area (Å²) in [6, 6.07) is 0.244. The molecular weight excluding hydrogens is 394 g/mol. The average molecular weight is 434 g/mol. The minimum absolute atomic E-state index is 0.159. The number of guanidine groups is 1. The maximum atomic E-state index is 12.8. The van der Waals surface area contributed by atoms with E-state index in [0.29, 0.717) is 5.92 Å². The van der Waals surface area contributed by atoms with Crippen molar-refractivity contribution >= 4 is 12.1 Å². The first kappa shape index (κ1) is 23.3. The van der Waals surface area contributed by atoms with Crippen molar-refractivity contribution in [2.24, 2.45) is 10.9 Å². The van der Waals surface area contributed by atoms with Crippen LogP contribution >= 0.6 is 0 Å². The van der Waals surface area contributed by atoms with E-state index >= 15 is 0 Å². The molecule has 1 N–H and O–H groups in total. The maximum Gasteiger partial charge on any atom is 0.410 e. The number of hydrogen-bond acceptors (Lipinski definition) is 5. The van der Waals surface area contributed by atoms with Gasteiger partial charge in [0, 0.05) is 45.8 Å². The van der Waals surface area contributed by atoms with E-state index in [4.69, 9.17) is 4.74 Å². The molecule has 0 unspecified atom stereocenters. The van der Waals surface area contributed by atoms with Crippen molar-refractivity contribution in [2.45, 2.75) is 77.5 Å². The average Bonchev–Trinajstić information content (AvgIpc) is 3.40. The first-order valence-electron chi connectivity index (χ1n) is 11.6. The van der Waals surface area contributed by atoms with Gasteiger partial charge in [0.15, 0.2) is 5.96 Å². The van der Waals surface area contributed by atoms with Crippen molar-refractivity contribution in [1.29, 1.82) is 0 Å². The Hall–Kier alpha value is -2.32. The van der Waals surface area contributed by atoms with Crippen molar-refractivity contribution < 1.29 is 9.53 Å². The van der Waals surface area contributed by atoms with Crippen LogP contribution in [0.2, 0.25) is 0 Å². The van der Waals surface area contributed by atoms with E-state index < -0.39 is 5.60 Å². The Bertz CT molecular complexity index is 702. The zero-order chi connectivity index (χ0) is 22.3. The summed E-state index contributed by atoms with van der Waals surface area (Å²) < 4.78 is 7.71. The summed E-state index contributed by atoms with van der Waals surface area (Å²) >= 11 is 0. The second-order valence-electron chi connectivity index (χ2n) is 9.68. The van der Waals surface area contributed by atoms with Gasteiger partial charge in [-0.2, -0.15) is 0 Å². The molecule has 1 saturated heterocycles. The van der Waals surface area contributed by atoms with Crippen LogP contribution in [0.1, 0.15) is 59.3 Å². The molecule has 1 saturated carbocycles. The topological polar surface area (TPSA) is 87.9 Å². The standard InChI is InChI=1S/C22H39N7O2/c1-22(2,3)31-21(30)29(15-18-7-8-18)19-9-13-28(14-10-19)20(23-4)24-11-5-6-12-27-16-25-26-17-27/h16-19H,5-15H2,1-4H3,(H,23,24). The van der Waals surface area contributed by atoms with Crippen LogP contribution in [0.5, 0.6) is 0 Å². The Labute approximate surface area is 186 Å². The Kier molecular flexibility index (Phi) is 8.15. The van der Waals surface area contributed by atoms with Crippen LogP contribution in [0.3, 0.4) is 0 Å². The number of unbranched alkanes of at least 4 members (excludes halogenated alkanes) is 1. The lowest BCUT2D eigenvalue weighted by molar-refractivity contribution is 0.00928. The lowest BCUT2D eigenvalue weighted by Crippen LogP contribution is -2.52. The van der Waals surface area contributed by atoms with Crippen molar-refractivity contribution in [3.8, 4) is 0 Å². The fourth-order valence-electron chi connectivity index (χ4n) is 3.95. The molecule has 1 amide bonds. The molecule has 0 atom stereocenters. The number of carbonyl (C=O) groups is 1. The van der Waals surface area contributed by atoms with E-state index in [-0.39, 0.29) is 12.1 Å². The molecule has 9 heteroatoms. The highest BCUT2D eigenvalue weighted by molar-refractivity contribution is 5.80. The van der Waals surface area contributed by atoms with E-state index in [1.54, 1.807) is 12.7 Å². The van der Waals surface area contributed by atoms with Gasteiger partial charge in [0.1, 0.15) is 18.3 Å². The third-order valence-electron chi connectivity index (χ3n) is 5.79. The van der Waals surface area contributed by atoms with Crippen molar-refractivity contribution in [2.75, 3.05) is 33.2 Å². The van der Waals surface area contributed by atoms with Crippen LogP contribution in [0, 0.1) is 5.92 Å². The third-order valence-corrected chi connectivity index (χ3v) is 5.79. The predicted molar refractivity (Wildman–Crippen MR) is 121 cm³/mol. The van der Waals surface area contributed by atoms with Crippen LogP contribution in [0.25, 0.3) is 0 Å². The van der Waals surface area contributed by atoms with Crippen LogP contribution < -0.4 is 5.32 Å². The summed E-state index contributed by atoms with van der Waals surface area (Å²) in [6.45, 7) is 10.3. The molecule has 1 aromatic heterocycles. The number of nitrogens with zero attached hydrogens (tertiary/aromatic N) is 6. The predicted octanol–water partition coefficient (Wildman–Crippen LogP) is 2.75. The normalized spacial score (nSPS) is 18.2. The number of rotatable bonds is 8. The van der Waals surface area contributed by atoms with E-state index in [1.165, 1.54) is 12.8 Å². The Morgan fingerprint density at radius 2 is 1.84 bits per heavy atom. The molecule has 0 spiro atoms. The summed E-state index contributed by atoms with van der Waals surface area (Å²) in [7, 11) is 1.84.